The molecule has 0 spiro atoms. The number of nitrogens with zero attached hydrogens (tertiary/aromatic N) is 1. The maximum absolute atomic E-state index is 6.47. The molecule has 0 amide bonds. The molecule has 1 aliphatic carbocycles. The van der Waals surface area contributed by atoms with E-state index in [0.717, 1.165) is 11.6 Å². The van der Waals surface area contributed by atoms with E-state index in [1.165, 1.54) is 52.9 Å². The van der Waals surface area contributed by atoms with Crippen molar-refractivity contribution in [2.75, 3.05) is 0 Å². The molecule has 3 aromatic rings. The topological polar surface area (TPSA) is 17.0 Å². The highest BCUT2D eigenvalue weighted by Gasteiger charge is 2.25. The number of aromatic nitrogens is 1. The number of rotatable bonds is 1. The molecule has 2 aliphatic rings. The van der Waals surface area contributed by atoms with Crippen molar-refractivity contribution in [2.45, 2.75) is 31.8 Å². The second-order valence-electron chi connectivity index (χ2n) is 6.74. The predicted octanol–water partition coefficient (Wildman–Crippen LogP) is 5.23. The Morgan fingerprint density at radius 3 is 2.80 bits per heavy atom. The summed E-state index contributed by atoms with van der Waals surface area (Å²) in [5.41, 5.74) is 8.01. The molecule has 0 radical (unpaired) electrons. The van der Waals surface area contributed by atoms with Crippen molar-refractivity contribution >= 4 is 24.0 Å². The first kappa shape index (κ1) is 16.7. The van der Waals surface area contributed by atoms with E-state index in [0.29, 0.717) is 0 Å². The number of hydrogen-bond donors (Lipinski definition) is 1. The van der Waals surface area contributed by atoms with Gasteiger partial charge in [0.2, 0.25) is 0 Å². The van der Waals surface area contributed by atoms with Crippen molar-refractivity contribution < 1.29 is 0 Å². The molecule has 0 saturated carbocycles. The summed E-state index contributed by atoms with van der Waals surface area (Å²) in [5, 5.41) is 4.55. The van der Waals surface area contributed by atoms with Crippen LogP contribution in [-0.2, 0) is 19.4 Å². The number of hydrogen-bond acceptors (Lipinski definition) is 1. The van der Waals surface area contributed by atoms with Crippen molar-refractivity contribution in [3.63, 3.8) is 0 Å². The summed E-state index contributed by atoms with van der Waals surface area (Å²) in [5.74, 6) is 0. The van der Waals surface area contributed by atoms with Crippen LogP contribution in [-0.4, -0.2) is 4.57 Å². The fraction of sp³-hybridized carbons (Fsp3) is 0.238. The first-order valence-corrected chi connectivity index (χ1v) is 8.99. The maximum atomic E-state index is 6.47. The summed E-state index contributed by atoms with van der Waals surface area (Å²) in [6, 6.07) is 17.7. The highest BCUT2D eigenvalue weighted by atomic mass is 35.5. The largest absolute Gasteiger partial charge is 0.319 e. The van der Waals surface area contributed by atoms with Crippen LogP contribution in [0.25, 0.3) is 5.69 Å². The van der Waals surface area contributed by atoms with Crippen LogP contribution in [0.15, 0.2) is 54.7 Å². The van der Waals surface area contributed by atoms with E-state index in [1.807, 2.05) is 12.1 Å². The zero-order chi connectivity index (χ0) is 16.1. The van der Waals surface area contributed by atoms with E-state index in [4.69, 9.17) is 11.6 Å². The summed E-state index contributed by atoms with van der Waals surface area (Å²) in [7, 11) is 0. The molecule has 0 saturated heterocycles. The van der Waals surface area contributed by atoms with Crippen molar-refractivity contribution in [1.82, 2.24) is 9.88 Å². The lowest BCUT2D eigenvalue weighted by molar-refractivity contribution is 0.600. The summed E-state index contributed by atoms with van der Waals surface area (Å²) < 4.78 is 2.28. The van der Waals surface area contributed by atoms with E-state index in [2.05, 4.69) is 52.5 Å². The zero-order valence-electron chi connectivity index (χ0n) is 13.8. The van der Waals surface area contributed by atoms with Crippen LogP contribution in [0.3, 0.4) is 0 Å². The molecule has 1 N–H and O–H groups in total. The molecule has 0 fully saturated rings. The molecule has 1 atom stereocenters. The van der Waals surface area contributed by atoms with Crippen molar-refractivity contribution in [3.8, 4) is 5.69 Å². The molecule has 1 unspecified atom stereocenters. The van der Waals surface area contributed by atoms with Gasteiger partial charge in [-0.3, -0.25) is 0 Å². The Morgan fingerprint density at radius 1 is 1.00 bits per heavy atom. The van der Waals surface area contributed by atoms with Gasteiger partial charge >= 0.3 is 0 Å². The Hall–Kier alpha value is -1.74. The molecule has 2 aromatic carbocycles. The van der Waals surface area contributed by atoms with E-state index < -0.39 is 0 Å². The normalized spacial score (nSPS) is 17.9. The first-order chi connectivity index (χ1) is 11.8. The quantitative estimate of drug-likeness (QED) is 0.620. The van der Waals surface area contributed by atoms with Crippen LogP contribution in [0.2, 0.25) is 5.02 Å². The first-order valence-electron chi connectivity index (χ1n) is 8.61. The Labute approximate surface area is 159 Å². The fourth-order valence-electron chi connectivity index (χ4n) is 4.17. The number of halogens is 2. The summed E-state index contributed by atoms with van der Waals surface area (Å²) in [6.45, 7) is 0.776. The summed E-state index contributed by atoms with van der Waals surface area (Å²) >= 11 is 6.47. The van der Waals surface area contributed by atoms with Crippen LogP contribution >= 0.6 is 24.0 Å². The smallest absolute Gasteiger partial charge is 0.0737 e. The van der Waals surface area contributed by atoms with Gasteiger partial charge in [0.15, 0.2) is 0 Å². The Balaban J connectivity index is 0.00000157. The summed E-state index contributed by atoms with van der Waals surface area (Å²) in [6.07, 6.45) is 5.86. The SMILES string of the molecule is Cl.Clc1cccc2c1CNC(c1ccc3c(c1)CCC3)c1cccn1-2. The fourth-order valence-corrected chi connectivity index (χ4v) is 4.40. The highest BCUT2D eigenvalue weighted by Crippen LogP contribution is 2.34. The minimum absolute atomic E-state index is 0. The minimum Gasteiger partial charge on any atom is -0.319 e. The molecule has 25 heavy (non-hydrogen) atoms. The third-order valence-corrected chi connectivity index (χ3v) is 5.72. The van der Waals surface area contributed by atoms with Crippen LogP contribution in [0.1, 0.15) is 40.4 Å². The number of fused-ring (bicyclic) bond motifs is 4. The number of nitrogens with one attached hydrogen (secondary N) is 1. The highest BCUT2D eigenvalue weighted by molar-refractivity contribution is 6.31. The van der Waals surface area contributed by atoms with E-state index in [1.54, 1.807) is 0 Å². The molecule has 2 nitrogen and oxygen atoms in total. The van der Waals surface area contributed by atoms with Crippen molar-refractivity contribution in [2.24, 2.45) is 0 Å². The second kappa shape index (κ2) is 6.53. The molecule has 5 rings (SSSR count). The van der Waals surface area contributed by atoms with E-state index >= 15 is 0 Å². The van der Waals surface area contributed by atoms with Crippen LogP contribution in [0.4, 0.5) is 0 Å². The van der Waals surface area contributed by atoms with Gasteiger partial charge in [0.25, 0.3) is 0 Å². The molecular weight excluding hydrogens is 351 g/mol. The van der Waals surface area contributed by atoms with Gasteiger partial charge in [0.05, 0.1) is 11.7 Å². The molecule has 2 heterocycles. The van der Waals surface area contributed by atoms with Crippen molar-refractivity contribution in [3.05, 3.63) is 87.7 Å². The monoisotopic (exact) mass is 370 g/mol. The third-order valence-electron chi connectivity index (χ3n) is 5.37. The average Bonchev–Trinajstić information content (AvgIpc) is 3.22. The molecule has 1 aliphatic heterocycles. The number of aryl methyl sites for hydroxylation is 2. The van der Waals surface area contributed by atoms with Gasteiger partial charge in [-0.1, -0.05) is 35.9 Å². The van der Waals surface area contributed by atoms with Gasteiger partial charge in [-0.05, 0) is 60.2 Å². The molecule has 0 bridgehead atoms. The lowest BCUT2D eigenvalue weighted by Gasteiger charge is -2.19. The molecular formula is C21H20Cl2N2. The predicted molar refractivity (Wildman–Crippen MR) is 105 cm³/mol. The molecule has 1 aromatic heterocycles. The standard InChI is InChI=1S/C21H19ClN2.ClH/c22-18-6-2-7-19-17(18)13-23-21(20-8-3-11-24(19)20)16-10-9-14-4-1-5-15(14)12-16;/h2-3,6-12,21,23H,1,4-5,13H2;1H. The van der Waals surface area contributed by atoms with Crippen molar-refractivity contribution in [1.29, 1.82) is 0 Å². The maximum Gasteiger partial charge on any atom is 0.0737 e. The average molecular weight is 371 g/mol. The van der Waals surface area contributed by atoms with Gasteiger partial charge in [-0.2, -0.15) is 0 Å². The lowest BCUT2D eigenvalue weighted by atomic mass is 9.99. The Bertz CT molecular complexity index is 929. The van der Waals surface area contributed by atoms with Crippen LogP contribution in [0, 0.1) is 0 Å². The van der Waals surface area contributed by atoms with Crippen LogP contribution < -0.4 is 5.32 Å². The van der Waals surface area contributed by atoms with Gasteiger partial charge in [-0.25, -0.2) is 0 Å². The lowest BCUT2D eigenvalue weighted by Crippen LogP contribution is -2.21. The van der Waals surface area contributed by atoms with Gasteiger partial charge in [0, 0.05) is 29.0 Å². The molecule has 4 heteroatoms. The number of benzene rings is 2. The summed E-state index contributed by atoms with van der Waals surface area (Å²) in [4.78, 5) is 0. The van der Waals surface area contributed by atoms with E-state index in [9.17, 15) is 0 Å². The van der Waals surface area contributed by atoms with Gasteiger partial charge < -0.3 is 9.88 Å². The Morgan fingerprint density at radius 2 is 1.88 bits per heavy atom. The van der Waals surface area contributed by atoms with Gasteiger partial charge in [-0.15, -0.1) is 12.4 Å². The second-order valence-corrected chi connectivity index (χ2v) is 7.14. The van der Waals surface area contributed by atoms with Crippen LogP contribution in [0.5, 0.6) is 0 Å². The zero-order valence-corrected chi connectivity index (χ0v) is 15.4. The minimum atomic E-state index is 0. The third kappa shape index (κ3) is 2.69. The van der Waals surface area contributed by atoms with E-state index in [-0.39, 0.29) is 18.4 Å². The molecule has 128 valence electrons. The van der Waals surface area contributed by atoms with Gasteiger partial charge in [0.1, 0.15) is 0 Å². The Kier molecular flexibility index (Phi) is 4.36.